The van der Waals surface area contributed by atoms with Gasteiger partial charge in [0.2, 0.25) is 11.7 Å². The van der Waals surface area contributed by atoms with Crippen molar-refractivity contribution < 1.29 is 34.8 Å². The SMILES string of the molecule is CC(C)C(=O)N[C@H]1[C@H]([C@H](O)[C@H](O)CO)OC(C(=O)O)=C[C@@H]1n1nc2cnccc2c1C#N. The summed E-state index contributed by atoms with van der Waals surface area (Å²) in [6, 6.07) is 1.38. The quantitative estimate of drug-likeness (QED) is 0.356. The van der Waals surface area contributed by atoms with Crippen molar-refractivity contribution in [3.63, 3.8) is 0 Å². The number of pyridine rings is 1. The molecule has 2 aromatic heterocycles. The molecule has 0 radical (unpaired) electrons. The van der Waals surface area contributed by atoms with Crippen LogP contribution < -0.4 is 5.32 Å². The molecule has 2 aromatic rings. The van der Waals surface area contributed by atoms with Gasteiger partial charge >= 0.3 is 5.97 Å². The Labute approximate surface area is 182 Å². The van der Waals surface area contributed by atoms with Crippen LogP contribution in [0.15, 0.2) is 30.3 Å². The van der Waals surface area contributed by atoms with E-state index >= 15 is 0 Å². The van der Waals surface area contributed by atoms with E-state index in [1.807, 2.05) is 6.07 Å². The van der Waals surface area contributed by atoms with Gasteiger partial charge in [-0.2, -0.15) is 10.4 Å². The van der Waals surface area contributed by atoms with Gasteiger partial charge in [0.05, 0.1) is 24.9 Å². The van der Waals surface area contributed by atoms with Crippen molar-refractivity contribution in [2.45, 2.75) is 44.2 Å². The summed E-state index contributed by atoms with van der Waals surface area (Å²) in [5.41, 5.74) is 0.442. The van der Waals surface area contributed by atoms with Crippen LogP contribution in [0, 0.1) is 17.2 Å². The van der Waals surface area contributed by atoms with E-state index in [9.17, 15) is 35.3 Å². The lowest BCUT2D eigenvalue weighted by atomic mass is 9.91. The molecule has 0 unspecified atom stereocenters. The van der Waals surface area contributed by atoms with Crippen molar-refractivity contribution in [1.29, 1.82) is 5.26 Å². The minimum absolute atomic E-state index is 0.0787. The fourth-order valence-electron chi connectivity index (χ4n) is 3.45. The minimum atomic E-state index is -1.76. The van der Waals surface area contributed by atoms with Crippen molar-refractivity contribution in [2.75, 3.05) is 6.61 Å². The number of aromatic nitrogens is 3. The van der Waals surface area contributed by atoms with Crippen molar-refractivity contribution in [3.8, 4) is 6.07 Å². The van der Waals surface area contributed by atoms with Gasteiger partial charge in [-0.25, -0.2) is 9.48 Å². The number of nitriles is 1. The van der Waals surface area contributed by atoms with Crippen LogP contribution in [0.3, 0.4) is 0 Å². The highest BCUT2D eigenvalue weighted by Gasteiger charge is 2.45. The number of aliphatic hydroxyl groups excluding tert-OH is 3. The van der Waals surface area contributed by atoms with E-state index < -0.39 is 60.6 Å². The molecule has 1 aliphatic heterocycles. The van der Waals surface area contributed by atoms with Gasteiger partial charge in [-0.3, -0.25) is 9.78 Å². The summed E-state index contributed by atoms with van der Waals surface area (Å²) in [7, 11) is 0. The molecule has 0 saturated heterocycles. The topological polar surface area (TPSA) is 191 Å². The number of amides is 1. The fraction of sp³-hybridized carbons (Fsp3) is 0.450. The van der Waals surface area contributed by atoms with E-state index in [0.717, 1.165) is 0 Å². The molecule has 0 spiro atoms. The van der Waals surface area contributed by atoms with Crippen molar-refractivity contribution in [1.82, 2.24) is 20.1 Å². The lowest BCUT2D eigenvalue weighted by Crippen LogP contribution is -2.59. The van der Waals surface area contributed by atoms with Gasteiger partial charge < -0.3 is 30.5 Å². The first-order chi connectivity index (χ1) is 15.2. The molecule has 32 heavy (non-hydrogen) atoms. The number of rotatable bonds is 7. The molecule has 0 fully saturated rings. The minimum Gasteiger partial charge on any atom is -0.478 e. The third kappa shape index (κ3) is 4.26. The standard InChI is InChI=1S/C20H23N5O7/c1-9(2)19(29)23-16-12(25-13(6-21)10-3-4-22-7-11(10)24-25)5-15(20(30)31)32-18(16)17(28)14(27)8-26/h3-5,7,9,12,14,16-18,26-28H,8H2,1-2H3,(H,23,29)(H,30,31)/t12-,14+,16+,17+,18+/m0/s1. The lowest BCUT2D eigenvalue weighted by Gasteiger charge is -2.40. The molecule has 1 aliphatic rings. The van der Waals surface area contributed by atoms with Gasteiger partial charge in [0.25, 0.3) is 0 Å². The third-order valence-electron chi connectivity index (χ3n) is 5.16. The van der Waals surface area contributed by atoms with E-state index in [1.54, 1.807) is 19.9 Å². The van der Waals surface area contributed by atoms with Gasteiger partial charge in [0, 0.05) is 17.5 Å². The Balaban J connectivity index is 2.21. The maximum atomic E-state index is 12.5. The van der Waals surface area contributed by atoms with Crippen LogP contribution in [0.2, 0.25) is 0 Å². The number of nitrogens with one attached hydrogen (secondary N) is 1. The highest BCUT2D eigenvalue weighted by molar-refractivity contribution is 5.85. The molecule has 0 aliphatic carbocycles. The van der Waals surface area contributed by atoms with Crippen LogP contribution in [0.25, 0.3) is 10.9 Å². The van der Waals surface area contributed by atoms with Gasteiger partial charge in [-0.1, -0.05) is 13.8 Å². The summed E-state index contributed by atoms with van der Waals surface area (Å²) >= 11 is 0. The maximum Gasteiger partial charge on any atom is 0.370 e. The molecule has 0 saturated carbocycles. The highest BCUT2D eigenvalue weighted by atomic mass is 16.5. The monoisotopic (exact) mass is 445 g/mol. The Hall–Kier alpha value is -3.53. The van der Waals surface area contributed by atoms with E-state index in [0.29, 0.717) is 10.9 Å². The molecule has 3 rings (SSSR count). The number of aliphatic hydroxyl groups is 3. The molecule has 0 aromatic carbocycles. The Morgan fingerprint density at radius 3 is 2.69 bits per heavy atom. The van der Waals surface area contributed by atoms with Crippen LogP contribution in [-0.2, 0) is 14.3 Å². The number of carbonyl (C=O) groups is 2. The largest absolute Gasteiger partial charge is 0.478 e. The summed E-state index contributed by atoms with van der Waals surface area (Å²) in [5.74, 6) is -2.95. The van der Waals surface area contributed by atoms with Crippen LogP contribution in [0.5, 0.6) is 0 Å². The molecule has 12 nitrogen and oxygen atoms in total. The molecule has 170 valence electrons. The number of carbonyl (C=O) groups excluding carboxylic acids is 1. The molecule has 1 amide bonds. The zero-order chi connectivity index (χ0) is 23.6. The molecule has 3 heterocycles. The van der Waals surface area contributed by atoms with Gasteiger partial charge in [0.1, 0.15) is 35.6 Å². The first-order valence-electron chi connectivity index (χ1n) is 9.81. The number of hydrogen-bond donors (Lipinski definition) is 5. The third-order valence-corrected chi connectivity index (χ3v) is 5.16. The van der Waals surface area contributed by atoms with Crippen molar-refractivity contribution in [2.24, 2.45) is 5.92 Å². The summed E-state index contributed by atoms with van der Waals surface area (Å²) in [6.45, 7) is 2.44. The Morgan fingerprint density at radius 1 is 1.38 bits per heavy atom. The molecule has 0 bridgehead atoms. The summed E-state index contributed by atoms with van der Waals surface area (Å²) in [6.07, 6.45) is -0.846. The predicted octanol–water partition coefficient (Wildman–Crippen LogP) is -0.934. The maximum absolute atomic E-state index is 12.5. The molecule has 5 atom stereocenters. The number of nitrogens with zero attached hydrogens (tertiary/aromatic N) is 4. The van der Waals surface area contributed by atoms with Crippen LogP contribution in [0.1, 0.15) is 25.6 Å². The Kier molecular flexibility index (Phi) is 6.73. The Bertz CT molecular complexity index is 1090. The lowest BCUT2D eigenvalue weighted by molar-refractivity contribution is -0.147. The van der Waals surface area contributed by atoms with Gasteiger partial charge in [0.15, 0.2) is 0 Å². The van der Waals surface area contributed by atoms with E-state index in [1.165, 1.54) is 23.2 Å². The smallest absolute Gasteiger partial charge is 0.370 e. The van der Waals surface area contributed by atoms with E-state index in [4.69, 9.17) is 4.74 Å². The average Bonchev–Trinajstić information content (AvgIpc) is 3.16. The number of aliphatic carboxylic acids is 1. The molecular weight excluding hydrogens is 422 g/mol. The second-order valence-corrected chi connectivity index (χ2v) is 7.64. The first kappa shape index (κ1) is 23.1. The number of carboxylic acids is 1. The van der Waals surface area contributed by atoms with Crippen LogP contribution in [0.4, 0.5) is 0 Å². The van der Waals surface area contributed by atoms with E-state index in [2.05, 4.69) is 15.4 Å². The molecular formula is C20H23N5O7. The summed E-state index contributed by atoms with van der Waals surface area (Å²) in [5, 5.41) is 56.7. The second-order valence-electron chi connectivity index (χ2n) is 7.64. The fourth-order valence-corrected chi connectivity index (χ4v) is 3.45. The van der Waals surface area contributed by atoms with Crippen LogP contribution >= 0.6 is 0 Å². The highest BCUT2D eigenvalue weighted by Crippen LogP contribution is 2.32. The average molecular weight is 445 g/mol. The number of ether oxygens (including phenoxy) is 1. The van der Waals surface area contributed by atoms with Gasteiger partial charge in [-0.05, 0) is 12.1 Å². The molecule has 5 N–H and O–H groups in total. The van der Waals surface area contributed by atoms with Crippen molar-refractivity contribution >= 4 is 22.8 Å². The number of carboxylic acid groups (broad SMARTS) is 1. The zero-order valence-corrected chi connectivity index (χ0v) is 17.3. The Morgan fingerprint density at radius 2 is 2.09 bits per heavy atom. The normalized spacial score (nSPS) is 22.5. The van der Waals surface area contributed by atoms with Crippen LogP contribution in [-0.4, -0.2) is 78.0 Å². The molecule has 12 heteroatoms. The number of hydrogen-bond acceptors (Lipinski definition) is 9. The summed E-state index contributed by atoms with van der Waals surface area (Å²) in [4.78, 5) is 28.2. The number of fused-ring (bicyclic) bond motifs is 1. The summed E-state index contributed by atoms with van der Waals surface area (Å²) < 4.78 is 6.64. The van der Waals surface area contributed by atoms with E-state index in [-0.39, 0.29) is 5.69 Å². The first-order valence-corrected chi connectivity index (χ1v) is 9.81. The predicted molar refractivity (Wildman–Crippen MR) is 108 cm³/mol. The van der Waals surface area contributed by atoms with Crippen molar-refractivity contribution in [3.05, 3.63) is 36.0 Å². The van der Waals surface area contributed by atoms with Gasteiger partial charge in [-0.15, -0.1) is 0 Å². The second kappa shape index (κ2) is 9.31. The zero-order valence-electron chi connectivity index (χ0n) is 17.3.